The van der Waals surface area contributed by atoms with Gasteiger partial charge in [0, 0.05) is 12.2 Å². The molecular formula is C21H31N5O7S. The van der Waals surface area contributed by atoms with Crippen LogP contribution in [0.25, 0.3) is 0 Å². The zero-order valence-electron chi connectivity index (χ0n) is 18.9. The highest BCUT2D eigenvalue weighted by Crippen LogP contribution is 2.12. The van der Waals surface area contributed by atoms with Crippen LogP contribution in [-0.4, -0.2) is 69.7 Å². The van der Waals surface area contributed by atoms with Crippen molar-refractivity contribution in [3.63, 3.8) is 0 Å². The van der Waals surface area contributed by atoms with E-state index in [-0.39, 0.29) is 23.8 Å². The molecule has 0 heterocycles. The van der Waals surface area contributed by atoms with Gasteiger partial charge >= 0.3 is 5.97 Å². The lowest BCUT2D eigenvalue weighted by atomic mass is 10.0. The van der Waals surface area contributed by atoms with Crippen molar-refractivity contribution in [2.75, 3.05) is 5.75 Å². The second-order valence-corrected chi connectivity index (χ2v) is 8.38. The van der Waals surface area contributed by atoms with E-state index in [1.165, 1.54) is 12.1 Å². The van der Waals surface area contributed by atoms with Gasteiger partial charge in [0.05, 0.1) is 12.5 Å². The molecule has 0 aromatic heterocycles. The lowest BCUT2D eigenvalue weighted by Crippen LogP contribution is -2.58. The number of nitrogens with two attached hydrogens (primary N) is 2. The number of carbonyl (C=O) groups is 5. The van der Waals surface area contributed by atoms with Crippen LogP contribution in [0.15, 0.2) is 24.3 Å². The average molecular weight is 498 g/mol. The summed E-state index contributed by atoms with van der Waals surface area (Å²) in [6.07, 6.45) is -0.635. The number of nitrogens with one attached hydrogen (secondary N) is 3. The highest BCUT2D eigenvalue weighted by Gasteiger charge is 2.31. The van der Waals surface area contributed by atoms with Crippen molar-refractivity contribution >= 4 is 42.2 Å². The van der Waals surface area contributed by atoms with Crippen molar-refractivity contribution in [1.29, 1.82) is 0 Å². The summed E-state index contributed by atoms with van der Waals surface area (Å²) in [6, 6.07) is 0.919. The minimum Gasteiger partial charge on any atom is -0.508 e. The number of carbonyl (C=O) groups excluding carboxylic acids is 4. The summed E-state index contributed by atoms with van der Waals surface area (Å²) in [5.74, 6) is -5.10. The van der Waals surface area contributed by atoms with Gasteiger partial charge in [-0.25, -0.2) is 4.79 Å². The molecule has 0 fully saturated rings. The zero-order chi connectivity index (χ0) is 26.0. The third kappa shape index (κ3) is 9.27. The van der Waals surface area contributed by atoms with Gasteiger partial charge in [-0.3, -0.25) is 19.2 Å². The van der Waals surface area contributed by atoms with Crippen molar-refractivity contribution in [1.82, 2.24) is 16.0 Å². The van der Waals surface area contributed by atoms with Crippen LogP contribution >= 0.6 is 12.6 Å². The summed E-state index contributed by atoms with van der Waals surface area (Å²) < 4.78 is 0. The molecule has 9 N–H and O–H groups in total. The molecule has 0 saturated heterocycles. The number of hydrogen-bond acceptors (Lipinski definition) is 8. The number of carboxylic acid groups (broad SMARTS) is 1. The fraction of sp³-hybridized carbons (Fsp3) is 0.476. The Kier molecular flexibility index (Phi) is 11.3. The van der Waals surface area contributed by atoms with Gasteiger partial charge < -0.3 is 37.6 Å². The van der Waals surface area contributed by atoms with E-state index in [9.17, 15) is 29.1 Å². The van der Waals surface area contributed by atoms with E-state index in [1.807, 2.05) is 0 Å². The molecule has 0 saturated carbocycles. The fourth-order valence-electron chi connectivity index (χ4n) is 2.79. The third-order valence-electron chi connectivity index (χ3n) is 4.87. The standard InChI is InChI=1S/C21H31N5O7S/c1-10(2)17(23)20(31)25-13(7-11-3-5-12(27)6-4-11)18(29)24-14(8-16(22)28)19(30)26-15(9-34)21(32)33/h3-6,10,13-15,17,27,34H,7-9,23H2,1-2H3,(H2,22,28)(H,24,29)(H,25,31)(H,26,30)(H,32,33). The van der Waals surface area contributed by atoms with E-state index in [1.54, 1.807) is 26.0 Å². The first-order chi connectivity index (χ1) is 15.8. The van der Waals surface area contributed by atoms with Gasteiger partial charge in [0.1, 0.15) is 23.9 Å². The quantitative estimate of drug-likeness (QED) is 0.146. The van der Waals surface area contributed by atoms with E-state index in [0.29, 0.717) is 5.56 Å². The van der Waals surface area contributed by atoms with Gasteiger partial charge in [0.15, 0.2) is 0 Å². The molecule has 4 atom stereocenters. The summed E-state index contributed by atoms with van der Waals surface area (Å²) in [5.41, 5.74) is 11.6. The first kappa shape index (κ1) is 28.7. The van der Waals surface area contributed by atoms with Crippen molar-refractivity contribution < 1.29 is 34.2 Å². The maximum Gasteiger partial charge on any atom is 0.327 e. The highest BCUT2D eigenvalue weighted by molar-refractivity contribution is 7.80. The summed E-state index contributed by atoms with van der Waals surface area (Å²) >= 11 is 3.85. The lowest BCUT2D eigenvalue weighted by molar-refractivity contribution is -0.141. The van der Waals surface area contributed by atoms with Crippen molar-refractivity contribution in [2.24, 2.45) is 17.4 Å². The van der Waals surface area contributed by atoms with E-state index in [4.69, 9.17) is 16.6 Å². The van der Waals surface area contributed by atoms with Gasteiger partial charge in [0.25, 0.3) is 0 Å². The van der Waals surface area contributed by atoms with Crippen LogP contribution < -0.4 is 27.4 Å². The second kappa shape index (κ2) is 13.4. The van der Waals surface area contributed by atoms with Gasteiger partial charge in [0.2, 0.25) is 23.6 Å². The molecule has 0 aliphatic heterocycles. The van der Waals surface area contributed by atoms with Gasteiger partial charge in [-0.05, 0) is 23.6 Å². The Morgan fingerprint density at radius 2 is 1.41 bits per heavy atom. The number of thiol groups is 1. The molecular weight excluding hydrogens is 466 g/mol. The normalized spacial score (nSPS) is 14.4. The molecule has 34 heavy (non-hydrogen) atoms. The molecule has 0 aliphatic carbocycles. The Hall–Kier alpha value is -3.32. The van der Waals surface area contributed by atoms with Crippen LogP contribution in [-0.2, 0) is 30.4 Å². The molecule has 12 nitrogen and oxygen atoms in total. The van der Waals surface area contributed by atoms with Crippen molar-refractivity contribution in [3.8, 4) is 5.75 Å². The molecule has 1 rings (SSSR count). The summed E-state index contributed by atoms with van der Waals surface area (Å²) in [7, 11) is 0. The molecule has 188 valence electrons. The number of aromatic hydroxyl groups is 1. The molecule has 4 unspecified atom stereocenters. The van der Waals surface area contributed by atoms with E-state index >= 15 is 0 Å². The fourth-order valence-corrected chi connectivity index (χ4v) is 3.04. The number of aliphatic carboxylic acids is 1. The smallest absolute Gasteiger partial charge is 0.327 e. The van der Waals surface area contributed by atoms with Crippen LogP contribution in [0.3, 0.4) is 0 Å². The number of primary amides is 1. The van der Waals surface area contributed by atoms with Gasteiger partial charge in [-0.2, -0.15) is 12.6 Å². The lowest BCUT2D eigenvalue weighted by Gasteiger charge is -2.25. The molecule has 0 bridgehead atoms. The number of phenolic OH excluding ortho intramolecular Hbond substituents is 1. The Balaban J connectivity index is 3.13. The number of rotatable bonds is 13. The average Bonchev–Trinajstić information content (AvgIpc) is 2.76. The van der Waals surface area contributed by atoms with E-state index < -0.39 is 60.2 Å². The topological polar surface area (TPSA) is 214 Å². The predicted molar refractivity (Wildman–Crippen MR) is 126 cm³/mol. The number of carboxylic acids is 1. The largest absolute Gasteiger partial charge is 0.508 e. The van der Waals surface area contributed by atoms with Gasteiger partial charge in [-0.1, -0.05) is 26.0 Å². The van der Waals surface area contributed by atoms with Crippen molar-refractivity contribution in [2.45, 2.75) is 50.9 Å². The van der Waals surface area contributed by atoms with Crippen LogP contribution in [0.2, 0.25) is 0 Å². The minimum absolute atomic E-state index is 0.00554. The number of benzene rings is 1. The molecule has 0 aliphatic rings. The maximum atomic E-state index is 13.0. The van der Waals surface area contributed by atoms with Crippen molar-refractivity contribution in [3.05, 3.63) is 29.8 Å². The van der Waals surface area contributed by atoms with Crippen LogP contribution in [0.5, 0.6) is 5.75 Å². The Morgan fingerprint density at radius 3 is 1.88 bits per heavy atom. The first-order valence-corrected chi connectivity index (χ1v) is 11.1. The number of hydrogen-bond donors (Lipinski definition) is 8. The number of phenols is 1. The minimum atomic E-state index is -1.50. The molecule has 13 heteroatoms. The Labute approximate surface area is 202 Å². The molecule has 1 aromatic rings. The predicted octanol–water partition coefficient (Wildman–Crippen LogP) is -1.74. The summed E-state index contributed by atoms with van der Waals surface area (Å²) in [5, 5.41) is 25.6. The van der Waals surface area contributed by atoms with Crippen LogP contribution in [0, 0.1) is 5.92 Å². The first-order valence-electron chi connectivity index (χ1n) is 10.4. The monoisotopic (exact) mass is 497 g/mol. The highest BCUT2D eigenvalue weighted by atomic mass is 32.1. The molecule has 4 amide bonds. The summed E-state index contributed by atoms with van der Waals surface area (Å²) in [4.78, 5) is 60.8. The molecule has 1 aromatic carbocycles. The SMILES string of the molecule is CC(C)C(N)C(=O)NC(Cc1ccc(O)cc1)C(=O)NC(CC(N)=O)C(=O)NC(CS)C(=O)O. The van der Waals surface area contributed by atoms with Crippen LogP contribution in [0.1, 0.15) is 25.8 Å². The second-order valence-electron chi connectivity index (χ2n) is 8.02. The Bertz CT molecular complexity index is 894. The van der Waals surface area contributed by atoms with Gasteiger partial charge in [-0.15, -0.1) is 0 Å². The maximum absolute atomic E-state index is 13.0. The van der Waals surface area contributed by atoms with E-state index in [0.717, 1.165) is 0 Å². The summed E-state index contributed by atoms with van der Waals surface area (Å²) in [6.45, 7) is 3.46. The van der Waals surface area contributed by atoms with E-state index in [2.05, 4.69) is 28.6 Å². The Morgan fingerprint density at radius 1 is 0.912 bits per heavy atom. The molecule has 0 radical (unpaired) electrons. The van der Waals surface area contributed by atoms with Crippen LogP contribution in [0.4, 0.5) is 0 Å². The molecule has 0 spiro atoms. The third-order valence-corrected chi connectivity index (χ3v) is 5.23. The number of amides is 4. The zero-order valence-corrected chi connectivity index (χ0v) is 19.7.